The Kier molecular flexibility index (Phi) is 2.46. The zero-order valence-electron chi connectivity index (χ0n) is 8.80. The Balaban J connectivity index is 2.04. The summed E-state index contributed by atoms with van der Waals surface area (Å²) in [7, 11) is 0. The Morgan fingerprint density at radius 1 is 1.43 bits per heavy atom. The Hall–Kier alpha value is -1.03. The highest BCUT2D eigenvalue weighted by atomic mass is 15.2. The predicted molar refractivity (Wildman–Crippen MR) is 57.3 cm³/mol. The van der Waals surface area contributed by atoms with Gasteiger partial charge < -0.3 is 11.1 Å². The van der Waals surface area contributed by atoms with E-state index in [1.165, 1.54) is 6.42 Å². The molecule has 1 saturated carbocycles. The fraction of sp³-hybridized carbons (Fsp3) is 0.700. The lowest BCUT2D eigenvalue weighted by Gasteiger charge is -2.13. The molecule has 1 heterocycles. The quantitative estimate of drug-likeness (QED) is 0.665. The number of nitrogens with zero attached hydrogens (tertiary/aromatic N) is 1. The van der Waals surface area contributed by atoms with Gasteiger partial charge in [0.2, 0.25) is 0 Å². The first-order valence-electron chi connectivity index (χ1n) is 5.20. The van der Waals surface area contributed by atoms with Crippen molar-refractivity contribution in [1.82, 2.24) is 10.2 Å². The molecule has 0 aliphatic heterocycles. The van der Waals surface area contributed by atoms with Crippen molar-refractivity contribution in [2.24, 2.45) is 5.73 Å². The van der Waals surface area contributed by atoms with E-state index in [4.69, 9.17) is 5.73 Å². The van der Waals surface area contributed by atoms with Gasteiger partial charge >= 0.3 is 0 Å². The van der Waals surface area contributed by atoms with Crippen molar-refractivity contribution in [2.75, 3.05) is 5.32 Å². The van der Waals surface area contributed by atoms with Crippen molar-refractivity contribution in [1.29, 1.82) is 0 Å². The molecule has 2 atom stereocenters. The van der Waals surface area contributed by atoms with Gasteiger partial charge in [-0.15, -0.1) is 0 Å². The van der Waals surface area contributed by atoms with E-state index < -0.39 is 0 Å². The summed E-state index contributed by atoms with van der Waals surface area (Å²) in [5.41, 5.74) is 9.18. The number of aromatic amines is 1. The molecule has 0 bridgehead atoms. The molecule has 1 aliphatic carbocycles. The largest absolute Gasteiger partial charge is 0.379 e. The highest BCUT2D eigenvalue weighted by Crippen LogP contribution is 2.24. The fourth-order valence-corrected chi connectivity index (χ4v) is 2.12. The van der Waals surface area contributed by atoms with E-state index in [0.717, 1.165) is 29.9 Å². The number of aromatic nitrogens is 2. The summed E-state index contributed by atoms with van der Waals surface area (Å²) in [6.45, 7) is 4.05. The molecule has 0 aromatic carbocycles. The molecule has 4 N–H and O–H groups in total. The number of anilines is 1. The third-order valence-corrected chi connectivity index (χ3v) is 2.95. The molecule has 0 radical (unpaired) electrons. The number of hydrogen-bond donors (Lipinski definition) is 3. The van der Waals surface area contributed by atoms with Crippen LogP contribution in [0.4, 0.5) is 5.69 Å². The van der Waals surface area contributed by atoms with Crippen LogP contribution >= 0.6 is 0 Å². The first kappa shape index (κ1) is 9.52. The molecule has 2 unspecified atom stereocenters. The van der Waals surface area contributed by atoms with E-state index in [1.807, 2.05) is 13.8 Å². The number of H-pyrrole nitrogens is 1. The molecule has 0 spiro atoms. The van der Waals surface area contributed by atoms with Crippen molar-refractivity contribution in [3.63, 3.8) is 0 Å². The molecule has 2 rings (SSSR count). The van der Waals surface area contributed by atoms with Crippen LogP contribution in [0.2, 0.25) is 0 Å². The smallest absolute Gasteiger partial charge is 0.0825 e. The van der Waals surface area contributed by atoms with Gasteiger partial charge in [0.05, 0.1) is 17.1 Å². The lowest BCUT2D eigenvalue weighted by atomic mass is 10.2. The summed E-state index contributed by atoms with van der Waals surface area (Å²) in [6.07, 6.45) is 3.38. The average Bonchev–Trinajstić information content (AvgIpc) is 2.67. The van der Waals surface area contributed by atoms with E-state index in [-0.39, 0.29) is 0 Å². The second-order valence-corrected chi connectivity index (χ2v) is 4.22. The summed E-state index contributed by atoms with van der Waals surface area (Å²) in [5.74, 6) is 0. The second kappa shape index (κ2) is 3.61. The Morgan fingerprint density at radius 2 is 2.21 bits per heavy atom. The predicted octanol–water partition coefficient (Wildman–Crippen LogP) is 1.32. The summed E-state index contributed by atoms with van der Waals surface area (Å²) < 4.78 is 0. The monoisotopic (exact) mass is 194 g/mol. The summed E-state index contributed by atoms with van der Waals surface area (Å²) in [5, 5.41) is 10.7. The minimum atomic E-state index is 0.375. The molecule has 0 amide bonds. The van der Waals surface area contributed by atoms with E-state index in [2.05, 4.69) is 15.5 Å². The Morgan fingerprint density at radius 3 is 2.71 bits per heavy atom. The van der Waals surface area contributed by atoms with Crippen LogP contribution in [0.1, 0.15) is 30.7 Å². The normalized spacial score (nSPS) is 26.8. The van der Waals surface area contributed by atoms with Crippen molar-refractivity contribution < 1.29 is 0 Å². The van der Waals surface area contributed by atoms with Crippen LogP contribution in [0.5, 0.6) is 0 Å². The van der Waals surface area contributed by atoms with Crippen LogP contribution in [0.15, 0.2) is 0 Å². The third-order valence-electron chi connectivity index (χ3n) is 2.95. The molecule has 4 heteroatoms. The van der Waals surface area contributed by atoms with Crippen molar-refractivity contribution in [2.45, 2.75) is 45.2 Å². The molecule has 78 valence electrons. The molecule has 0 saturated heterocycles. The van der Waals surface area contributed by atoms with Gasteiger partial charge in [-0.05, 0) is 33.1 Å². The van der Waals surface area contributed by atoms with Gasteiger partial charge in [0.15, 0.2) is 0 Å². The van der Waals surface area contributed by atoms with Crippen LogP contribution in [0.3, 0.4) is 0 Å². The van der Waals surface area contributed by atoms with Crippen molar-refractivity contribution in [3.05, 3.63) is 11.4 Å². The maximum atomic E-state index is 5.87. The zero-order chi connectivity index (χ0) is 10.1. The summed E-state index contributed by atoms with van der Waals surface area (Å²) >= 11 is 0. The van der Waals surface area contributed by atoms with Gasteiger partial charge in [-0.1, -0.05) is 0 Å². The van der Waals surface area contributed by atoms with Gasteiger partial charge in [0, 0.05) is 12.1 Å². The maximum absolute atomic E-state index is 5.87. The fourth-order valence-electron chi connectivity index (χ4n) is 2.12. The molecular weight excluding hydrogens is 176 g/mol. The van der Waals surface area contributed by atoms with Gasteiger partial charge in [0.1, 0.15) is 0 Å². The van der Waals surface area contributed by atoms with Gasteiger partial charge in [0.25, 0.3) is 0 Å². The zero-order valence-corrected chi connectivity index (χ0v) is 8.80. The van der Waals surface area contributed by atoms with E-state index in [9.17, 15) is 0 Å². The van der Waals surface area contributed by atoms with Crippen LogP contribution < -0.4 is 11.1 Å². The molecule has 1 aromatic heterocycles. The molecule has 1 aliphatic rings. The average molecular weight is 194 g/mol. The van der Waals surface area contributed by atoms with E-state index in [0.29, 0.717) is 12.1 Å². The van der Waals surface area contributed by atoms with E-state index >= 15 is 0 Å². The molecule has 1 fully saturated rings. The second-order valence-electron chi connectivity index (χ2n) is 4.22. The van der Waals surface area contributed by atoms with Crippen LogP contribution in [0.25, 0.3) is 0 Å². The van der Waals surface area contributed by atoms with Gasteiger partial charge in [-0.25, -0.2) is 0 Å². The maximum Gasteiger partial charge on any atom is 0.0825 e. The standard InChI is InChI=1S/C10H18N4/c1-6-10(7(2)14-13-6)12-9-4-3-8(11)5-9/h8-9,12H,3-5,11H2,1-2H3,(H,13,14). The molecule has 1 aromatic rings. The van der Waals surface area contributed by atoms with E-state index in [1.54, 1.807) is 0 Å². The minimum absolute atomic E-state index is 0.375. The summed E-state index contributed by atoms with van der Waals surface area (Å²) in [4.78, 5) is 0. The minimum Gasteiger partial charge on any atom is -0.379 e. The lowest BCUT2D eigenvalue weighted by Crippen LogP contribution is -2.21. The third kappa shape index (κ3) is 1.75. The molecule has 4 nitrogen and oxygen atoms in total. The van der Waals surface area contributed by atoms with Crippen LogP contribution in [-0.2, 0) is 0 Å². The molecule has 14 heavy (non-hydrogen) atoms. The highest BCUT2D eigenvalue weighted by molar-refractivity contribution is 5.52. The first-order chi connectivity index (χ1) is 6.66. The Labute approximate surface area is 84.3 Å². The van der Waals surface area contributed by atoms with Crippen LogP contribution in [0, 0.1) is 13.8 Å². The number of rotatable bonds is 2. The van der Waals surface area contributed by atoms with Gasteiger partial charge in [-0.3, -0.25) is 5.10 Å². The lowest BCUT2D eigenvalue weighted by molar-refractivity contribution is 0.687. The van der Waals surface area contributed by atoms with Crippen molar-refractivity contribution >= 4 is 5.69 Å². The van der Waals surface area contributed by atoms with Crippen molar-refractivity contribution in [3.8, 4) is 0 Å². The highest BCUT2D eigenvalue weighted by Gasteiger charge is 2.22. The van der Waals surface area contributed by atoms with Crippen LogP contribution in [-0.4, -0.2) is 22.3 Å². The number of aryl methyl sites for hydroxylation is 2. The number of nitrogens with two attached hydrogens (primary N) is 1. The number of hydrogen-bond acceptors (Lipinski definition) is 3. The van der Waals surface area contributed by atoms with Gasteiger partial charge in [-0.2, -0.15) is 5.10 Å². The SMILES string of the molecule is Cc1n[nH]c(C)c1NC1CCC(N)C1. The summed E-state index contributed by atoms with van der Waals surface area (Å²) in [6, 6.07) is 0.903. The first-order valence-corrected chi connectivity index (χ1v) is 5.20. The molecular formula is C10H18N4. The number of nitrogens with one attached hydrogen (secondary N) is 2. The Bertz CT molecular complexity index is 298. The topological polar surface area (TPSA) is 66.7 Å².